The van der Waals surface area contributed by atoms with Gasteiger partial charge in [0.25, 0.3) is 0 Å². The maximum atomic E-state index is 11.6. The zero-order chi connectivity index (χ0) is 18.1. The lowest BCUT2D eigenvalue weighted by Gasteiger charge is -2.33. The molecule has 1 aliphatic rings. The van der Waals surface area contributed by atoms with Gasteiger partial charge in [-0.25, -0.2) is 0 Å². The molecule has 1 aromatic carbocycles. The van der Waals surface area contributed by atoms with E-state index in [2.05, 4.69) is 65.1 Å². The second-order valence-corrected chi connectivity index (χ2v) is 6.77. The molecule has 5 heteroatoms. The number of guanidine groups is 1. The Bertz CT molecular complexity index is 562. The van der Waals surface area contributed by atoms with E-state index in [4.69, 9.17) is 0 Å². The second-order valence-electron chi connectivity index (χ2n) is 6.77. The number of nitrogens with one attached hydrogen (secondary N) is 3. The van der Waals surface area contributed by atoms with Crippen LogP contribution in [0.15, 0.2) is 35.3 Å². The molecule has 1 fully saturated rings. The third-order valence-electron chi connectivity index (χ3n) is 5.22. The molecule has 138 valence electrons. The first-order chi connectivity index (χ1) is 12.1. The average molecular weight is 345 g/mol. The topological polar surface area (TPSA) is 65.5 Å². The van der Waals surface area contributed by atoms with Gasteiger partial charge in [0.15, 0.2) is 5.96 Å². The Labute approximate surface area is 151 Å². The molecule has 0 spiro atoms. The van der Waals surface area contributed by atoms with E-state index in [1.54, 1.807) is 7.05 Å². The zero-order valence-electron chi connectivity index (χ0n) is 15.8. The molecule has 1 saturated carbocycles. The van der Waals surface area contributed by atoms with Gasteiger partial charge in [-0.05, 0) is 31.2 Å². The van der Waals surface area contributed by atoms with Crippen molar-refractivity contribution < 1.29 is 4.79 Å². The number of carbonyl (C=O) groups excluding carboxylic acids is 1. The largest absolute Gasteiger partial charge is 0.356 e. The van der Waals surface area contributed by atoms with Crippen LogP contribution in [0, 0.1) is 5.92 Å². The van der Waals surface area contributed by atoms with E-state index >= 15 is 0 Å². The first-order valence-corrected chi connectivity index (χ1v) is 9.43. The summed E-state index contributed by atoms with van der Waals surface area (Å²) in [6, 6.07) is 10.7. The van der Waals surface area contributed by atoms with Crippen molar-refractivity contribution in [3.05, 3.63) is 35.9 Å². The molecular formula is C20H32N4O. The van der Waals surface area contributed by atoms with Crippen LogP contribution >= 0.6 is 0 Å². The molecule has 0 radical (unpaired) electrons. The van der Waals surface area contributed by atoms with Crippen LogP contribution in [0.1, 0.15) is 45.1 Å². The smallest absolute Gasteiger partial charge is 0.223 e. The van der Waals surface area contributed by atoms with Gasteiger partial charge in [-0.2, -0.15) is 0 Å². The SMILES string of the molecule is CCC(CC)(CNC(=NC)NCCNC(=O)C1CC1)c1ccccc1. The number of aliphatic imine (C=N–C) groups is 1. The maximum absolute atomic E-state index is 11.6. The molecule has 0 unspecified atom stereocenters. The van der Waals surface area contributed by atoms with Crippen molar-refractivity contribution >= 4 is 11.9 Å². The summed E-state index contributed by atoms with van der Waals surface area (Å²) in [4.78, 5) is 15.9. The minimum Gasteiger partial charge on any atom is -0.356 e. The highest BCUT2D eigenvalue weighted by molar-refractivity contribution is 5.81. The molecule has 0 aliphatic heterocycles. The number of amides is 1. The van der Waals surface area contributed by atoms with Gasteiger partial charge in [0.2, 0.25) is 5.91 Å². The number of hydrogen-bond acceptors (Lipinski definition) is 2. The molecule has 0 heterocycles. The Morgan fingerprint density at radius 2 is 1.72 bits per heavy atom. The van der Waals surface area contributed by atoms with Crippen LogP contribution in [-0.2, 0) is 10.2 Å². The van der Waals surface area contributed by atoms with E-state index in [9.17, 15) is 4.79 Å². The predicted octanol–water partition coefficient (Wildman–Crippen LogP) is 2.44. The average Bonchev–Trinajstić information content (AvgIpc) is 3.50. The van der Waals surface area contributed by atoms with Crippen molar-refractivity contribution in [1.29, 1.82) is 0 Å². The summed E-state index contributed by atoms with van der Waals surface area (Å²) >= 11 is 0. The fourth-order valence-corrected chi connectivity index (χ4v) is 3.13. The summed E-state index contributed by atoms with van der Waals surface area (Å²) in [7, 11) is 1.78. The van der Waals surface area contributed by atoms with E-state index in [1.165, 1.54) is 5.56 Å². The van der Waals surface area contributed by atoms with Crippen LogP contribution in [0.3, 0.4) is 0 Å². The summed E-state index contributed by atoms with van der Waals surface area (Å²) in [6.45, 7) is 6.61. The van der Waals surface area contributed by atoms with Gasteiger partial charge in [0.05, 0.1) is 0 Å². The Morgan fingerprint density at radius 3 is 2.28 bits per heavy atom. The molecule has 1 aliphatic carbocycles. The third-order valence-corrected chi connectivity index (χ3v) is 5.22. The zero-order valence-corrected chi connectivity index (χ0v) is 15.8. The molecule has 0 aromatic heterocycles. The first kappa shape index (κ1) is 19.3. The van der Waals surface area contributed by atoms with Gasteiger partial charge in [-0.15, -0.1) is 0 Å². The standard InChI is InChI=1S/C20H32N4O/c1-4-20(5-2,17-9-7-6-8-10-17)15-24-19(21-3)23-14-13-22-18(25)16-11-12-16/h6-10,16H,4-5,11-15H2,1-3H3,(H,22,25)(H2,21,23,24). The molecular weight excluding hydrogens is 312 g/mol. The van der Waals surface area contributed by atoms with Crippen molar-refractivity contribution in [1.82, 2.24) is 16.0 Å². The number of nitrogens with zero attached hydrogens (tertiary/aromatic N) is 1. The normalized spacial score (nSPS) is 14.9. The Balaban J connectivity index is 1.82. The lowest BCUT2D eigenvalue weighted by atomic mass is 9.76. The number of hydrogen-bond donors (Lipinski definition) is 3. The van der Waals surface area contributed by atoms with E-state index < -0.39 is 0 Å². The summed E-state index contributed by atoms with van der Waals surface area (Å²) in [5.41, 5.74) is 1.46. The summed E-state index contributed by atoms with van der Waals surface area (Å²) in [5.74, 6) is 1.23. The fourth-order valence-electron chi connectivity index (χ4n) is 3.13. The van der Waals surface area contributed by atoms with E-state index in [0.29, 0.717) is 13.1 Å². The van der Waals surface area contributed by atoms with Crippen molar-refractivity contribution in [2.24, 2.45) is 10.9 Å². The first-order valence-electron chi connectivity index (χ1n) is 9.43. The number of rotatable bonds is 9. The molecule has 0 bridgehead atoms. The van der Waals surface area contributed by atoms with Gasteiger partial charge in [0, 0.05) is 38.0 Å². The van der Waals surface area contributed by atoms with Gasteiger partial charge in [0.1, 0.15) is 0 Å². The van der Waals surface area contributed by atoms with Crippen molar-refractivity contribution in [3.8, 4) is 0 Å². The molecule has 3 N–H and O–H groups in total. The quantitative estimate of drug-likeness (QED) is 0.366. The minimum atomic E-state index is 0.0963. The lowest BCUT2D eigenvalue weighted by Crippen LogP contribution is -2.47. The third kappa shape index (κ3) is 5.48. The summed E-state index contributed by atoms with van der Waals surface area (Å²) in [6.07, 6.45) is 4.21. The monoisotopic (exact) mass is 344 g/mol. The minimum absolute atomic E-state index is 0.0963. The second kappa shape index (κ2) is 9.44. The van der Waals surface area contributed by atoms with Crippen molar-refractivity contribution in [2.75, 3.05) is 26.7 Å². The van der Waals surface area contributed by atoms with Crippen molar-refractivity contribution in [2.45, 2.75) is 44.9 Å². The van der Waals surface area contributed by atoms with Crippen LogP contribution in [0.5, 0.6) is 0 Å². The van der Waals surface area contributed by atoms with Gasteiger partial charge in [-0.1, -0.05) is 44.2 Å². The van der Waals surface area contributed by atoms with Crippen LogP contribution < -0.4 is 16.0 Å². The molecule has 1 amide bonds. The molecule has 2 rings (SSSR count). The summed E-state index contributed by atoms with van der Waals surface area (Å²) < 4.78 is 0. The lowest BCUT2D eigenvalue weighted by molar-refractivity contribution is -0.122. The Kier molecular flexibility index (Phi) is 7.29. The van der Waals surface area contributed by atoms with Gasteiger partial charge in [-0.3, -0.25) is 9.79 Å². The van der Waals surface area contributed by atoms with Crippen LogP contribution in [0.2, 0.25) is 0 Å². The molecule has 5 nitrogen and oxygen atoms in total. The van der Waals surface area contributed by atoms with E-state index in [-0.39, 0.29) is 17.2 Å². The van der Waals surface area contributed by atoms with Crippen LogP contribution in [-0.4, -0.2) is 38.5 Å². The van der Waals surface area contributed by atoms with E-state index in [1.807, 2.05) is 0 Å². The highest BCUT2D eigenvalue weighted by Crippen LogP contribution is 2.30. The number of carbonyl (C=O) groups is 1. The summed E-state index contributed by atoms with van der Waals surface area (Å²) in [5, 5.41) is 9.70. The molecule has 0 atom stereocenters. The maximum Gasteiger partial charge on any atom is 0.223 e. The highest BCUT2D eigenvalue weighted by Gasteiger charge is 2.29. The van der Waals surface area contributed by atoms with Gasteiger partial charge < -0.3 is 16.0 Å². The Hall–Kier alpha value is -2.04. The number of benzene rings is 1. The van der Waals surface area contributed by atoms with E-state index in [0.717, 1.165) is 38.2 Å². The van der Waals surface area contributed by atoms with Crippen LogP contribution in [0.25, 0.3) is 0 Å². The van der Waals surface area contributed by atoms with Gasteiger partial charge >= 0.3 is 0 Å². The molecule has 0 saturated heterocycles. The predicted molar refractivity (Wildman–Crippen MR) is 104 cm³/mol. The van der Waals surface area contributed by atoms with Crippen LogP contribution in [0.4, 0.5) is 0 Å². The Morgan fingerprint density at radius 1 is 1.08 bits per heavy atom. The molecule has 1 aromatic rings. The van der Waals surface area contributed by atoms with Crippen molar-refractivity contribution in [3.63, 3.8) is 0 Å². The molecule has 25 heavy (non-hydrogen) atoms. The fraction of sp³-hybridized carbons (Fsp3) is 0.600. The highest BCUT2D eigenvalue weighted by atomic mass is 16.2.